The Labute approximate surface area is 111 Å². The van der Waals surface area contributed by atoms with Crippen molar-refractivity contribution in [3.63, 3.8) is 0 Å². The quantitative estimate of drug-likeness (QED) is 0.861. The van der Waals surface area contributed by atoms with E-state index in [0.717, 1.165) is 5.56 Å². The molecular weight excluding hydrogens is 248 g/mol. The molecule has 3 nitrogen and oxygen atoms in total. The SMILES string of the molecule is C[C@@H](NC(=O)c1cccnc1Cl)c1ccccc1. The second-order valence-corrected chi connectivity index (χ2v) is 4.31. The van der Waals surface area contributed by atoms with Crippen molar-refractivity contribution in [2.75, 3.05) is 0 Å². The van der Waals surface area contributed by atoms with Crippen LogP contribution in [0.4, 0.5) is 0 Å². The number of hydrogen-bond donors (Lipinski definition) is 1. The first kappa shape index (κ1) is 12.6. The number of benzene rings is 1. The maximum atomic E-state index is 12.0. The Hall–Kier alpha value is -1.87. The minimum absolute atomic E-state index is 0.0741. The van der Waals surface area contributed by atoms with Gasteiger partial charge in [0.05, 0.1) is 11.6 Å². The lowest BCUT2D eigenvalue weighted by Gasteiger charge is -2.14. The van der Waals surface area contributed by atoms with Crippen LogP contribution in [0.2, 0.25) is 5.15 Å². The molecule has 1 heterocycles. The largest absolute Gasteiger partial charge is 0.345 e. The molecule has 2 rings (SSSR count). The predicted octanol–water partition coefficient (Wildman–Crippen LogP) is 3.23. The zero-order chi connectivity index (χ0) is 13.0. The highest BCUT2D eigenvalue weighted by Crippen LogP contribution is 2.15. The molecule has 0 unspecified atom stereocenters. The summed E-state index contributed by atoms with van der Waals surface area (Å²) in [6.45, 7) is 1.93. The highest BCUT2D eigenvalue weighted by atomic mass is 35.5. The zero-order valence-electron chi connectivity index (χ0n) is 9.93. The van der Waals surface area contributed by atoms with Gasteiger partial charge in [-0.3, -0.25) is 4.79 Å². The second kappa shape index (κ2) is 5.65. The Balaban J connectivity index is 2.11. The standard InChI is InChI=1S/C14H13ClN2O/c1-10(11-6-3-2-4-7-11)17-14(18)12-8-5-9-16-13(12)15/h2-10H,1H3,(H,17,18)/t10-/m1/s1. The van der Waals surface area contributed by atoms with Crippen LogP contribution in [0.1, 0.15) is 28.9 Å². The molecule has 18 heavy (non-hydrogen) atoms. The number of hydrogen-bond acceptors (Lipinski definition) is 2. The maximum Gasteiger partial charge on any atom is 0.254 e. The Morgan fingerprint density at radius 1 is 1.22 bits per heavy atom. The molecule has 0 aliphatic rings. The summed E-state index contributed by atoms with van der Waals surface area (Å²) in [6.07, 6.45) is 1.56. The van der Waals surface area contributed by atoms with Gasteiger partial charge in [0.1, 0.15) is 5.15 Å². The van der Waals surface area contributed by atoms with E-state index in [2.05, 4.69) is 10.3 Å². The lowest BCUT2D eigenvalue weighted by molar-refractivity contribution is 0.0939. The molecule has 2 aromatic rings. The average Bonchev–Trinajstić information content (AvgIpc) is 2.40. The van der Waals surface area contributed by atoms with Crippen molar-refractivity contribution in [3.05, 3.63) is 64.9 Å². The van der Waals surface area contributed by atoms with Crippen molar-refractivity contribution in [2.45, 2.75) is 13.0 Å². The monoisotopic (exact) mass is 260 g/mol. The van der Waals surface area contributed by atoms with E-state index in [1.54, 1.807) is 18.3 Å². The number of pyridine rings is 1. The maximum absolute atomic E-state index is 12.0. The molecule has 0 saturated carbocycles. The molecule has 1 N–H and O–H groups in total. The summed E-state index contributed by atoms with van der Waals surface area (Å²) in [5, 5.41) is 3.11. The van der Waals surface area contributed by atoms with Crippen LogP contribution < -0.4 is 5.32 Å². The second-order valence-electron chi connectivity index (χ2n) is 3.95. The normalized spacial score (nSPS) is 11.9. The summed E-state index contributed by atoms with van der Waals surface area (Å²) in [5.41, 5.74) is 1.44. The van der Waals surface area contributed by atoms with Gasteiger partial charge in [-0.2, -0.15) is 0 Å². The molecule has 0 aliphatic carbocycles. The lowest BCUT2D eigenvalue weighted by Crippen LogP contribution is -2.27. The molecule has 1 aromatic heterocycles. The zero-order valence-corrected chi connectivity index (χ0v) is 10.7. The van der Waals surface area contributed by atoms with Gasteiger partial charge in [-0.1, -0.05) is 41.9 Å². The van der Waals surface area contributed by atoms with Gasteiger partial charge in [0.15, 0.2) is 0 Å². The summed E-state index contributed by atoms with van der Waals surface area (Å²) in [7, 11) is 0. The fraction of sp³-hybridized carbons (Fsp3) is 0.143. The van der Waals surface area contributed by atoms with Crippen LogP contribution in [0.3, 0.4) is 0 Å². The van der Waals surface area contributed by atoms with E-state index >= 15 is 0 Å². The van der Waals surface area contributed by atoms with Gasteiger partial charge in [-0.25, -0.2) is 4.98 Å². The minimum Gasteiger partial charge on any atom is -0.345 e. The van der Waals surface area contributed by atoms with E-state index in [9.17, 15) is 4.79 Å². The fourth-order valence-corrected chi connectivity index (χ4v) is 1.86. The molecule has 92 valence electrons. The third-order valence-electron chi connectivity index (χ3n) is 2.65. The van der Waals surface area contributed by atoms with Crippen molar-refractivity contribution >= 4 is 17.5 Å². The topological polar surface area (TPSA) is 42.0 Å². The summed E-state index contributed by atoms with van der Waals surface area (Å²) in [4.78, 5) is 15.9. The lowest BCUT2D eigenvalue weighted by atomic mass is 10.1. The van der Waals surface area contributed by atoms with Crippen molar-refractivity contribution < 1.29 is 4.79 Å². The smallest absolute Gasteiger partial charge is 0.254 e. The third kappa shape index (κ3) is 2.87. The van der Waals surface area contributed by atoms with Crippen LogP contribution in [-0.2, 0) is 0 Å². The first-order valence-electron chi connectivity index (χ1n) is 5.65. The van der Waals surface area contributed by atoms with Gasteiger partial charge >= 0.3 is 0 Å². The number of aromatic nitrogens is 1. The Kier molecular flexibility index (Phi) is 3.95. The molecule has 0 spiro atoms. The van der Waals surface area contributed by atoms with Crippen LogP contribution in [0.5, 0.6) is 0 Å². The van der Waals surface area contributed by atoms with E-state index in [4.69, 9.17) is 11.6 Å². The number of halogens is 1. The molecule has 1 atom stereocenters. The number of carbonyl (C=O) groups is 1. The number of nitrogens with zero attached hydrogens (tertiary/aromatic N) is 1. The van der Waals surface area contributed by atoms with Gasteiger partial charge in [0, 0.05) is 6.20 Å². The van der Waals surface area contributed by atoms with Gasteiger partial charge in [-0.05, 0) is 24.6 Å². The van der Waals surface area contributed by atoms with Crippen LogP contribution in [0.15, 0.2) is 48.7 Å². The Morgan fingerprint density at radius 3 is 2.61 bits per heavy atom. The first-order chi connectivity index (χ1) is 8.68. The predicted molar refractivity (Wildman–Crippen MR) is 71.6 cm³/mol. The fourth-order valence-electron chi connectivity index (χ4n) is 1.65. The van der Waals surface area contributed by atoms with E-state index in [0.29, 0.717) is 5.56 Å². The molecular formula is C14H13ClN2O. The van der Waals surface area contributed by atoms with Gasteiger partial charge < -0.3 is 5.32 Å². The highest BCUT2D eigenvalue weighted by molar-refractivity contribution is 6.32. The van der Waals surface area contributed by atoms with E-state index in [-0.39, 0.29) is 17.1 Å². The molecule has 0 saturated heterocycles. The van der Waals surface area contributed by atoms with Crippen molar-refractivity contribution in [1.29, 1.82) is 0 Å². The van der Waals surface area contributed by atoms with Gasteiger partial charge in [-0.15, -0.1) is 0 Å². The molecule has 0 aliphatic heterocycles. The Bertz CT molecular complexity index is 543. The van der Waals surface area contributed by atoms with Crippen molar-refractivity contribution in [2.24, 2.45) is 0 Å². The average molecular weight is 261 g/mol. The number of rotatable bonds is 3. The summed E-state index contributed by atoms with van der Waals surface area (Å²) in [6, 6.07) is 13.0. The van der Waals surface area contributed by atoms with E-state index in [1.165, 1.54) is 0 Å². The van der Waals surface area contributed by atoms with Gasteiger partial charge in [0.25, 0.3) is 5.91 Å². The van der Waals surface area contributed by atoms with Crippen LogP contribution in [0, 0.1) is 0 Å². The van der Waals surface area contributed by atoms with Gasteiger partial charge in [0.2, 0.25) is 0 Å². The van der Waals surface area contributed by atoms with Crippen LogP contribution in [-0.4, -0.2) is 10.9 Å². The molecule has 0 radical (unpaired) electrons. The third-order valence-corrected chi connectivity index (χ3v) is 2.95. The van der Waals surface area contributed by atoms with Crippen LogP contribution >= 0.6 is 11.6 Å². The summed E-state index contributed by atoms with van der Waals surface area (Å²) >= 11 is 5.88. The number of amides is 1. The van der Waals surface area contributed by atoms with E-state index < -0.39 is 0 Å². The Morgan fingerprint density at radius 2 is 1.94 bits per heavy atom. The van der Waals surface area contributed by atoms with Crippen molar-refractivity contribution in [3.8, 4) is 0 Å². The summed E-state index contributed by atoms with van der Waals surface area (Å²) < 4.78 is 0. The van der Waals surface area contributed by atoms with Crippen LogP contribution in [0.25, 0.3) is 0 Å². The molecule has 0 fully saturated rings. The molecule has 1 amide bonds. The molecule has 0 bridgehead atoms. The van der Waals surface area contributed by atoms with Crippen molar-refractivity contribution in [1.82, 2.24) is 10.3 Å². The first-order valence-corrected chi connectivity index (χ1v) is 6.02. The number of carbonyl (C=O) groups excluding carboxylic acids is 1. The summed E-state index contributed by atoms with van der Waals surface area (Å²) in [5.74, 6) is -0.218. The number of nitrogens with one attached hydrogen (secondary N) is 1. The highest BCUT2D eigenvalue weighted by Gasteiger charge is 2.14. The molecule has 1 aromatic carbocycles. The van der Waals surface area contributed by atoms with E-state index in [1.807, 2.05) is 37.3 Å². The molecule has 4 heteroatoms. The minimum atomic E-state index is -0.218.